The second-order valence-corrected chi connectivity index (χ2v) is 7.47. The van der Waals surface area contributed by atoms with Crippen molar-refractivity contribution in [2.75, 3.05) is 11.1 Å². The van der Waals surface area contributed by atoms with Crippen LogP contribution in [-0.4, -0.2) is 33.8 Å². The molecule has 2 heterocycles. The van der Waals surface area contributed by atoms with Crippen molar-refractivity contribution < 1.29 is 9.59 Å². The van der Waals surface area contributed by atoms with Crippen LogP contribution >= 0.6 is 23.1 Å². The fraction of sp³-hybridized carbons (Fsp3) is 0.375. The van der Waals surface area contributed by atoms with E-state index in [0.717, 1.165) is 12.8 Å². The van der Waals surface area contributed by atoms with Crippen LogP contribution in [0.2, 0.25) is 0 Å². The number of carbonyl (C=O) groups is 2. The number of anilines is 1. The van der Waals surface area contributed by atoms with Gasteiger partial charge in [-0.25, -0.2) is 0 Å². The van der Waals surface area contributed by atoms with Crippen molar-refractivity contribution in [2.45, 2.75) is 36.8 Å². The van der Waals surface area contributed by atoms with Gasteiger partial charge in [0.1, 0.15) is 5.03 Å². The summed E-state index contributed by atoms with van der Waals surface area (Å²) in [6.07, 6.45) is 4.55. The van der Waals surface area contributed by atoms with Gasteiger partial charge in [0.2, 0.25) is 5.91 Å². The molecule has 0 unspecified atom stereocenters. The van der Waals surface area contributed by atoms with Crippen molar-refractivity contribution in [3.8, 4) is 0 Å². The maximum Gasteiger partial charge on any atom is 0.266 e. The highest BCUT2D eigenvalue weighted by Gasteiger charge is 2.17. The third kappa shape index (κ3) is 4.78. The summed E-state index contributed by atoms with van der Waals surface area (Å²) in [7, 11) is 0. The van der Waals surface area contributed by atoms with Gasteiger partial charge < -0.3 is 10.6 Å². The lowest BCUT2D eigenvalue weighted by atomic mass is 10.2. The SMILES string of the molecule is O=C(CSc1ccc(NC(=O)c2cccs2)nn1)NC1CCCC1. The summed E-state index contributed by atoms with van der Waals surface area (Å²) in [4.78, 5) is 24.4. The molecule has 1 fully saturated rings. The van der Waals surface area contributed by atoms with Gasteiger partial charge in [0, 0.05) is 6.04 Å². The van der Waals surface area contributed by atoms with E-state index >= 15 is 0 Å². The second-order valence-electron chi connectivity index (χ2n) is 5.53. The zero-order chi connectivity index (χ0) is 16.8. The molecule has 0 radical (unpaired) electrons. The van der Waals surface area contributed by atoms with Gasteiger partial charge in [-0.05, 0) is 36.4 Å². The quantitative estimate of drug-likeness (QED) is 0.772. The topological polar surface area (TPSA) is 84.0 Å². The summed E-state index contributed by atoms with van der Waals surface area (Å²) in [6, 6.07) is 7.35. The average molecular weight is 362 g/mol. The van der Waals surface area contributed by atoms with Gasteiger partial charge in [-0.15, -0.1) is 21.5 Å². The Morgan fingerprint density at radius 2 is 2.04 bits per heavy atom. The Balaban J connectivity index is 1.45. The van der Waals surface area contributed by atoms with Crippen LogP contribution in [0.15, 0.2) is 34.7 Å². The van der Waals surface area contributed by atoms with Gasteiger partial charge in [-0.1, -0.05) is 30.7 Å². The molecule has 2 N–H and O–H groups in total. The van der Waals surface area contributed by atoms with Crippen LogP contribution in [-0.2, 0) is 4.79 Å². The first kappa shape index (κ1) is 16.9. The number of aromatic nitrogens is 2. The van der Waals surface area contributed by atoms with E-state index in [4.69, 9.17) is 0 Å². The van der Waals surface area contributed by atoms with Gasteiger partial charge in [-0.3, -0.25) is 9.59 Å². The molecule has 1 aliphatic rings. The Bertz CT molecular complexity index is 683. The van der Waals surface area contributed by atoms with E-state index in [0.29, 0.717) is 27.5 Å². The minimum atomic E-state index is -0.198. The third-order valence-corrected chi connectivity index (χ3v) is 5.49. The molecule has 24 heavy (non-hydrogen) atoms. The molecule has 0 bridgehead atoms. The first-order chi connectivity index (χ1) is 11.7. The summed E-state index contributed by atoms with van der Waals surface area (Å²) in [6.45, 7) is 0. The Hall–Kier alpha value is -1.93. The molecular formula is C16H18N4O2S2. The van der Waals surface area contributed by atoms with Gasteiger partial charge in [-0.2, -0.15) is 0 Å². The molecule has 0 spiro atoms. The standard InChI is InChI=1S/C16H18N4O2S2/c21-14(17-11-4-1-2-5-11)10-24-15-8-7-13(19-20-15)18-16(22)12-6-3-9-23-12/h3,6-9,11H,1-2,4-5,10H2,(H,17,21)(H,18,19,22). The number of carbonyl (C=O) groups excluding carboxylic acids is 2. The first-order valence-corrected chi connectivity index (χ1v) is 9.68. The molecule has 2 aromatic heterocycles. The normalized spacial score (nSPS) is 14.5. The van der Waals surface area contributed by atoms with Crippen LogP contribution in [0.25, 0.3) is 0 Å². The first-order valence-electron chi connectivity index (χ1n) is 7.81. The van der Waals surface area contributed by atoms with Crippen molar-refractivity contribution in [1.82, 2.24) is 15.5 Å². The average Bonchev–Trinajstić information content (AvgIpc) is 3.28. The third-order valence-electron chi connectivity index (χ3n) is 3.70. The molecule has 1 aliphatic carbocycles. The molecule has 2 amide bonds. The number of amides is 2. The van der Waals surface area contributed by atoms with E-state index in [1.54, 1.807) is 18.2 Å². The predicted octanol–water partition coefficient (Wildman–Crippen LogP) is 2.94. The van der Waals surface area contributed by atoms with E-state index < -0.39 is 0 Å². The number of nitrogens with one attached hydrogen (secondary N) is 2. The van der Waals surface area contributed by atoms with Crippen LogP contribution < -0.4 is 10.6 Å². The maximum absolute atomic E-state index is 11.9. The number of hydrogen-bond donors (Lipinski definition) is 2. The molecule has 8 heteroatoms. The smallest absolute Gasteiger partial charge is 0.266 e. The van der Waals surface area contributed by atoms with Crippen LogP contribution in [0.5, 0.6) is 0 Å². The van der Waals surface area contributed by atoms with Gasteiger partial charge in [0.05, 0.1) is 10.6 Å². The molecular weight excluding hydrogens is 344 g/mol. The maximum atomic E-state index is 11.9. The van der Waals surface area contributed by atoms with E-state index in [9.17, 15) is 9.59 Å². The summed E-state index contributed by atoms with van der Waals surface area (Å²) in [5, 5.41) is 16.3. The second kappa shape index (κ2) is 8.25. The van der Waals surface area contributed by atoms with Gasteiger partial charge >= 0.3 is 0 Å². The molecule has 126 valence electrons. The zero-order valence-corrected chi connectivity index (χ0v) is 14.7. The Morgan fingerprint density at radius 1 is 1.21 bits per heavy atom. The highest BCUT2D eigenvalue weighted by Crippen LogP contribution is 2.19. The number of thioether (sulfide) groups is 1. The summed E-state index contributed by atoms with van der Waals surface area (Å²) in [5.74, 6) is 0.555. The summed E-state index contributed by atoms with van der Waals surface area (Å²) in [5.41, 5.74) is 0. The van der Waals surface area contributed by atoms with E-state index in [1.807, 2.05) is 11.4 Å². The number of nitrogens with zero attached hydrogens (tertiary/aromatic N) is 2. The van der Waals surface area contributed by atoms with Crippen molar-refractivity contribution in [3.63, 3.8) is 0 Å². The lowest BCUT2D eigenvalue weighted by molar-refractivity contribution is -0.119. The summed E-state index contributed by atoms with van der Waals surface area (Å²) < 4.78 is 0. The molecule has 3 rings (SSSR count). The number of thiophene rings is 1. The largest absolute Gasteiger partial charge is 0.353 e. The van der Waals surface area contributed by atoms with Crippen LogP contribution in [0.3, 0.4) is 0 Å². The van der Waals surface area contributed by atoms with Crippen molar-refractivity contribution >= 4 is 40.7 Å². The lowest BCUT2D eigenvalue weighted by Crippen LogP contribution is -2.33. The number of rotatable bonds is 6. The molecule has 6 nitrogen and oxygen atoms in total. The van der Waals surface area contributed by atoms with E-state index in [1.165, 1.54) is 35.9 Å². The molecule has 0 saturated heterocycles. The monoisotopic (exact) mass is 362 g/mol. The molecule has 0 aromatic carbocycles. The highest BCUT2D eigenvalue weighted by atomic mass is 32.2. The zero-order valence-electron chi connectivity index (χ0n) is 13.0. The van der Waals surface area contributed by atoms with Crippen molar-refractivity contribution in [3.05, 3.63) is 34.5 Å². The molecule has 0 aliphatic heterocycles. The van der Waals surface area contributed by atoms with E-state index in [-0.39, 0.29) is 11.8 Å². The van der Waals surface area contributed by atoms with Crippen LogP contribution in [0, 0.1) is 0 Å². The fourth-order valence-corrected chi connectivity index (χ4v) is 3.77. The Kier molecular flexibility index (Phi) is 5.81. The molecule has 0 atom stereocenters. The highest BCUT2D eigenvalue weighted by molar-refractivity contribution is 7.99. The Morgan fingerprint density at radius 3 is 2.71 bits per heavy atom. The predicted molar refractivity (Wildman–Crippen MR) is 95.4 cm³/mol. The van der Waals surface area contributed by atoms with Crippen LogP contribution in [0.4, 0.5) is 5.82 Å². The van der Waals surface area contributed by atoms with Gasteiger partial charge in [0.25, 0.3) is 5.91 Å². The summed E-state index contributed by atoms with van der Waals surface area (Å²) >= 11 is 2.71. The van der Waals surface area contributed by atoms with Gasteiger partial charge in [0.15, 0.2) is 5.82 Å². The fourth-order valence-electron chi connectivity index (χ4n) is 2.53. The van der Waals surface area contributed by atoms with Crippen molar-refractivity contribution in [1.29, 1.82) is 0 Å². The van der Waals surface area contributed by atoms with Crippen LogP contribution in [0.1, 0.15) is 35.4 Å². The molecule has 1 saturated carbocycles. The Labute approximate surface area is 148 Å². The minimum Gasteiger partial charge on any atom is -0.353 e. The minimum absolute atomic E-state index is 0.0313. The number of hydrogen-bond acceptors (Lipinski definition) is 6. The lowest BCUT2D eigenvalue weighted by Gasteiger charge is -2.11. The van der Waals surface area contributed by atoms with Crippen molar-refractivity contribution in [2.24, 2.45) is 0 Å². The molecule has 2 aromatic rings. The van der Waals surface area contributed by atoms with E-state index in [2.05, 4.69) is 20.8 Å².